The molecule has 0 saturated carbocycles. The van der Waals surface area contributed by atoms with Gasteiger partial charge in [0.25, 0.3) is 0 Å². The average molecular weight is 390 g/mol. The highest BCUT2D eigenvalue weighted by Gasteiger charge is 2.12. The van der Waals surface area contributed by atoms with Crippen molar-refractivity contribution < 1.29 is 8.42 Å². The Morgan fingerprint density at radius 2 is 1.85 bits per heavy atom. The van der Waals surface area contributed by atoms with Crippen LogP contribution in [0.25, 0.3) is 0 Å². The lowest BCUT2D eigenvalue weighted by atomic mass is 10.2. The third-order valence-electron chi connectivity index (χ3n) is 3.75. The van der Waals surface area contributed by atoms with E-state index in [4.69, 9.17) is 0 Å². The molecule has 0 spiro atoms. The Bertz CT molecular complexity index is 821. The fourth-order valence-corrected chi connectivity index (χ4v) is 3.37. The molecule has 7 nitrogen and oxygen atoms in total. The van der Waals surface area contributed by atoms with Crippen molar-refractivity contribution in [3.8, 4) is 0 Å². The van der Waals surface area contributed by atoms with Crippen LogP contribution in [0.4, 0.5) is 0 Å². The summed E-state index contributed by atoms with van der Waals surface area (Å²) in [5, 5.41) is 6.37. The Hall–Kier alpha value is -2.45. The number of nitrogens with one attached hydrogen (secondary N) is 3. The van der Waals surface area contributed by atoms with Crippen molar-refractivity contribution in [2.24, 2.45) is 4.99 Å². The van der Waals surface area contributed by atoms with Crippen LogP contribution in [0.5, 0.6) is 0 Å². The van der Waals surface area contributed by atoms with Gasteiger partial charge in [0.2, 0.25) is 10.0 Å². The maximum absolute atomic E-state index is 12.2. The summed E-state index contributed by atoms with van der Waals surface area (Å²) in [5.74, 6) is 0.656. The summed E-state index contributed by atoms with van der Waals surface area (Å²) in [6.07, 6.45) is 2.56. The van der Waals surface area contributed by atoms with Crippen LogP contribution in [0.3, 0.4) is 0 Å². The molecule has 0 aliphatic heterocycles. The SMILES string of the molecule is CCNC(=NCCNS(=O)(=O)c1ccc(C)cc1)NCCc1ccccn1. The summed E-state index contributed by atoms with van der Waals surface area (Å²) in [6, 6.07) is 12.6. The molecule has 1 heterocycles. The average Bonchev–Trinajstić information content (AvgIpc) is 2.66. The fraction of sp³-hybridized carbons (Fsp3) is 0.368. The molecule has 0 radical (unpaired) electrons. The number of hydrogen-bond donors (Lipinski definition) is 3. The van der Waals surface area contributed by atoms with Crippen molar-refractivity contribution in [2.45, 2.75) is 25.2 Å². The first-order chi connectivity index (χ1) is 13.0. The number of rotatable bonds is 9. The van der Waals surface area contributed by atoms with E-state index >= 15 is 0 Å². The highest BCUT2D eigenvalue weighted by Crippen LogP contribution is 2.09. The van der Waals surface area contributed by atoms with E-state index in [2.05, 4.69) is 25.3 Å². The molecule has 27 heavy (non-hydrogen) atoms. The summed E-state index contributed by atoms with van der Waals surface area (Å²) in [7, 11) is -3.51. The third kappa shape index (κ3) is 7.36. The van der Waals surface area contributed by atoms with Crippen LogP contribution in [0.15, 0.2) is 58.5 Å². The number of guanidine groups is 1. The fourth-order valence-electron chi connectivity index (χ4n) is 2.35. The predicted molar refractivity (Wildman–Crippen MR) is 108 cm³/mol. The number of aryl methyl sites for hydroxylation is 1. The van der Waals surface area contributed by atoms with Crippen LogP contribution in [-0.2, 0) is 16.4 Å². The summed E-state index contributed by atoms with van der Waals surface area (Å²) < 4.78 is 27.1. The maximum Gasteiger partial charge on any atom is 0.240 e. The largest absolute Gasteiger partial charge is 0.357 e. The number of hydrogen-bond acceptors (Lipinski definition) is 4. The summed E-state index contributed by atoms with van der Waals surface area (Å²) in [5.41, 5.74) is 2.03. The minimum atomic E-state index is -3.51. The maximum atomic E-state index is 12.2. The second-order valence-corrected chi connectivity index (χ2v) is 7.74. The van der Waals surface area contributed by atoms with E-state index < -0.39 is 10.0 Å². The molecule has 2 rings (SSSR count). The Kier molecular flexibility index (Phi) is 8.22. The lowest BCUT2D eigenvalue weighted by Crippen LogP contribution is -2.39. The van der Waals surface area contributed by atoms with Gasteiger partial charge in [-0.15, -0.1) is 0 Å². The molecule has 0 saturated heterocycles. The van der Waals surface area contributed by atoms with E-state index in [9.17, 15) is 8.42 Å². The van der Waals surface area contributed by atoms with Crippen LogP contribution in [0, 0.1) is 6.92 Å². The van der Waals surface area contributed by atoms with Gasteiger partial charge in [0.1, 0.15) is 0 Å². The van der Waals surface area contributed by atoms with Gasteiger partial charge in [-0.25, -0.2) is 13.1 Å². The molecule has 0 unspecified atom stereocenters. The number of aliphatic imine (C=N–C) groups is 1. The van der Waals surface area contributed by atoms with Gasteiger partial charge < -0.3 is 10.6 Å². The number of pyridine rings is 1. The first-order valence-corrected chi connectivity index (χ1v) is 10.5. The Morgan fingerprint density at radius 1 is 1.07 bits per heavy atom. The highest BCUT2D eigenvalue weighted by molar-refractivity contribution is 7.89. The van der Waals surface area contributed by atoms with Crippen molar-refractivity contribution in [2.75, 3.05) is 26.2 Å². The predicted octanol–water partition coefficient (Wildman–Crippen LogP) is 1.47. The zero-order valence-electron chi connectivity index (χ0n) is 15.8. The van der Waals surface area contributed by atoms with Gasteiger partial charge in [-0.05, 0) is 38.1 Å². The molecule has 0 bridgehead atoms. The molecule has 0 aliphatic carbocycles. The smallest absolute Gasteiger partial charge is 0.240 e. The zero-order valence-corrected chi connectivity index (χ0v) is 16.6. The molecule has 8 heteroatoms. The molecule has 0 atom stereocenters. The molecule has 1 aromatic carbocycles. The van der Waals surface area contributed by atoms with Gasteiger partial charge >= 0.3 is 0 Å². The molecule has 2 aromatic rings. The van der Waals surface area contributed by atoms with E-state index in [0.717, 1.165) is 24.2 Å². The standard InChI is InChI=1S/C19H27N5O2S/c1-3-20-19(22-13-11-17-6-4-5-12-21-17)23-14-15-24-27(25,26)18-9-7-16(2)8-10-18/h4-10,12,24H,3,11,13-15H2,1-2H3,(H2,20,22,23). The van der Waals surface area contributed by atoms with Crippen molar-refractivity contribution in [3.05, 3.63) is 59.9 Å². The minimum absolute atomic E-state index is 0.229. The number of sulfonamides is 1. The van der Waals surface area contributed by atoms with Gasteiger partial charge in [0.05, 0.1) is 11.4 Å². The summed E-state index contributed by atoms with van der Waals surface area (Å²) >= 11 is 0. The number of benzene rings is 1. The molecule has 0 amide bonds. The minimum Gasteiger partial charge on any atom is -0.357 e. The Morgan fingerprint density at radius 3 is 2.52 bits per heavy atom. The molecule has 0 aliphatic rings. The van der Waals surface area contributed by atoms with Crippen LogP contribution in [-0.4, -0.2) is 45.5 Å². The molecular formula is C19H27N5O2S. The monoisotopic (exact) mass is 389 g/mol. The molecule has 3 N–H and O–H groups in total. The van der Waals surface area contributed by atoms with Crippen molar-refractivity contribution in [1.82, 2.24) is 20.3 Å². The zero-order chi connectivity index (χ0) is 19.5. The molecule has 1 aromatic heterocycles. The van der Waals surface area contributed by atoms with E-state index in [1.165, 1.54) is 0 Å². The second kappa shape index (κ2) is 10.6. The molecule has 0 fully saturated rings. The van der Waals surface area contributed by atoms with E-state index in [0.29, 0.717) is 19.0 Å². The number of aromatic nitrogens is 1. The first kappa shape index (κ1) is 20.9. The van der Waals surface area contributed by atoms with E-state index in [-0.39, 0.29) is 11.4 Å². The Labute approximate surface area is 161 Å². The van der Waals surface area contributed by atoms with Gasteiger partial charge in [-0.1, -0.05) is 23.8 Å². The second-order valence-electron chi connectivity index (χ2n) is 5.97. The highest BCUT2D eigenvalue weighted by atomic mass is 32.2. The molecular weight excluding hydrogens is 362 g/mol. The van der Waals surface area contributed by atoms with Gasteiger partial charge in [0, 0.05) is 37.9 Å². The van der Waals surface area contributed by atoms with Crippen molar-refractivity contribution >= 4 is 16.0 Å². The van der Waals surface area contributed by atoms with Gasteiger partial charge in [-0.2, -0.15) is 0 Å². The van der Waals surface area contributed by atoms with E-state index in [1.807, 2.05) is 32.0 Å². The van der Waals surface area contributed by atoms with Crippen molar-refractivity contribution in [1.29, 1.82) is 0 Å². The summed E-state index contributed by atoms with van der Waals surface area (Å²) in [4.78, 5) is 8.95. The lowest BCUT2D eigenvalue weighted by Gasteiger charge is -2.11. The van der Waals surface area contributed by atoms with Crippen LogP contribution >= 0.6 is 0 Å². The lowest BCUT2D eigenvalue weighted by molar-refractivity contribution is 0.582. The topological polar surface area (TPSA) is 95.5 Å². The van der Waals surface area contributed by atoms with Gasteiger partial charge in [-0.3, -0.25) is 9.98 Å². The van der Waals surface area contributed by atoms with E-state index in [1.54, 1.807) is 30.5 Å². The van der Waals surface area contributed by atoms with Crippen LogP contribution in [0.2, 0.25) is 0 Å². The van der Waals surface area contributed by atoms with Crippen LogP contribution in [0.1, 0.15) is 18.2 Å². The van der Waals surface area contributed by atoms with Crippen molar-refractivity contribution in [3.63, 3.8) is 0 Å². The first-order valence-electron chi connectivity index (χ1n) is 8.99. The normalized spacial score (nSPS) is 12.0. The summed E-state index contributed by atoms with van der Waals surface area (Å²) in [6.45, 7) is 5.89. The third-order valence-corrected chi connectivity index (χ3v) is 5.23. The molecule has 146 valence electrons. The van der Waals surface area contributed by atoms with Gasteiger partial charge in [0.15, 0.2) is 5.96 Å². The number of nitrogens with zero attached hydrogens (tertiary/aromatic N) is 2. The Balaban J connectivity index is 1.80. The quantitative estimate of drug-likeness (QED) is 0.343. The van der Waals surface area contributed by atoms with Crippen LogP contribution < -0.4 is 15.4 Å².